The van der Waals surface area contributed by atoms with Crippen molar-refractivity contribution in [2.45, 2.75) is 13.3 Å². The van der Waals surface area contributed by atoms with Gasteiger partial charge in [-0.1, -0.05) is 6.92 Å². The number of hydrogen-bond donors (Lipinski definition) is 1. The van der Waals surface area contributed by atoms with Crippen LogP contribution in [0.5, 0.6) is 5.75 Å². The van der Waals surface area contributed by atoms with Gasteiger partial charge < -0.3 is 9.84 Å². The second-order valence-corrected chi connectivity index (χ2v) is 4.04. The molecule has 0 amide bonds. The van der Waals surface area contributed by atoms with Crippen molar-refractivity contribution in [3.63, 3.8) is 0 Å². The number of benzene rings is 1. The van der Waals surface area contributed by atoms with Gasteiger partial charge in [0.15, 0.2) is 0 Å². The van der Waals surface area contributed by atoms with E-state index in [4.69, 9.17) is 9.84 Å². The zero-order chi connectivity index (χ0) is 10.6. The van der Waals surface area contributed by atoms with Gasteiger partial charge in [-0.25, -0.2) is 4.79 Å². The first-order valence-corrected chi connectivity index (χ1v) is 5.38. The summed E-state index contributed by atoms with van der Waals surface area (Å²) in [6.45, 7) is 2.52. The largest absolute Gasteiger partial charge is 0.493 e. The van der Waals surface area contributed by atoms with Crippen LogP contribution in [0.1, 0.15) is 23.7 Å². The second-order valence-electron chi connectivity index (χ2n) is 2.79. The first-order chi connectivity index (χ1) is 6.65. The molecular formula is C10H11IO3. The van der Waals surface area contributed by atoms with Crippen LogP contribution in [0.25, 0.3) is 0 Å². The summed E-state index contributed by atoms with van der Waals surface area (Å²) < 4.78 is 6.21. The van der Waals surface area contributed by atoms with Crippen LogP contribution >= 0.6 is 22.6 Å². The Balaban J connectivity index is 2.96. The Morgan fingerprint density at radius 2 is 2.29 bits per heavy atom. The lowest BCUT2D eigenvalue weighted by Crippen LogP contribution is -2.04. The van der Waals surface area contributed by atoms with Gasteiger partial charge in [-0.3, -0.25) is 0 Å². The predicted octanol–water partition coefficient (Wildman–Crippen LogP) is 2.78. The summed E-state index contributed by atoms with van der Waals surface area (Å²) in [5, 5.41) is 8.91. The molecule has 0 aliphatic heterocycles. The van der Waals surface area contributed by atoms with E-state index in [1.54, 1.807) is 12.1 Å². The normalized spacial score (nSPS) is 9.86. The maximum Gasteiger partial charge on any atom is 0.339 e. The van der Waals surface area contributed by atoms with Crippen LogP contribution in [0.3, 0.4) is 0 Å². The van der Waals surface area contributed by atoms with Gasteiger partial charge in [-0.05, 0) is 47.2 Å². The fourth-order valence-corrected chi connectivity index (χ4v) is 1.50. The van der Waals surface area contributed by atoms with Crippen LogP contribution in [-0.2, 0) is 0 Å². The summed E-state index contributed by atoms with van der Waals surface area (Å²) in [5.74, 6) is -0.505. The molecule has 3 nitrogen and oxygen atoms in total. The van der Waals surface area contributed by atoms with Crippen molar-refractivity contribution in [3.8, 4) is 5.75 Å². The molecule has 0 unspecified atom stereocenters. The molecule has 0 aliphatic rings. The van der Waals surface area contributed by atoms with Crippen LogP contribution in [0.4, 0.5) is 0 Å². The molecule has 0 aromatic heterocycles. The van der Waals surface area contributed by atoms with Crippen molar-refractivity contribution in [3.05, 3.63) is 27.3 Å². The van der Waals surface area contributed by atoms with Gasteiger partial charge in [0.05, 0.1) is 6.61 Å². The lowest BCUT2D eigenvalue weighted by molar-refractivity contribution is 0.0692. The minimum atomic E-state index is -0.949. The van der Waals surface area contributed by atoms with Crippen molar-refractivity contribution in [1.82, 2.24) is 0 Å². The molecule has 0 spiro atoms. The summed E-state index contributed by atoms with van der Waals surface area (Å²) in [6, 6.07) is 5.13. The highest BCUT2D eigenvalue weighted by Crippen LogP contribution is 2.21. The van der Waals surface area contributed by atoms with E-state index in [1.807, 2.05) is 13.0 Å². The van der Waals surface area contributed by atoms with Crippen LogP contribution < -0.4 is 4.74 Å². The Morgan fingerprint density at radius 3 is 2.86 bits per heavy atom. The van der Waals surface area contributed by atoms with E-state index in [9.17, 15) is 4.79 Å². The van der Waals surface area contributed by atoms with Gasteiger partial charge in [-0.2, -0.15) is 0 Å². The van der Waals surface area contributed by atoms with Gasteiger partial charge in [0.25, 0.3) is 0 Å². The fourth-order valence-electron chi connectivity index (χ4n) is 1.01. The van der Waals surface area contributed by atoms with Crippen molar-refractivity contribution < 1.29 is 14.6 Å². The molecule has 0 aliphatic carbocycles. The number of carbonyl (C=O) groups is 1. The summed E-state index contributed by atoms with van der Waals surface area (Å²) in [6.07, 6.45) is 0.866. The van der Waals surface area contributed by atoms with E-state index in [1.165, 1.54) is 0 Å². The second kappa shape index (κ2) is 5.19. The molecule has 1 aromatic rings. The van der Waals surface area contributed by atoms with E-state index in [-0.39, 0.29) is 5.56 Å². The van der Waals surface area contributed by atoms with Gasteiger partial charge in [0, 0.05) is 3.57 Å². The molecule has 0 radical (unpaired) electrons. The lowest BCUT2D eigenvalue weighted by atomic mass is 10.2. The van der Waals surface area contributed by atoms with Crippen LogP contribution in [0.2, 0.25) is 0 Å². The third-order valence-corrected chi connectivity index (χ3v) is 2.30. The maximum absolute atomic E-state index is 10.9. The summed E-state index contributed by atoms with van der Waals surface area (Å²) >= 11 is 2.07. The Morgan fingerprint density at radius 1 is 1.57 bits per heavy atom. The standard InChI is InChI=1S/C10H11IO3/c1-2-5-14-9-4-3-7(11)6-8(9)10(12)13/h3-4,6H,2,5H2,1H3,(H,12,13). The van der Waals surface area contributed by atoms with Crippen LogP contribution in [0.15, 0.2) is 18.2 Å². The highest BCUT2D eigenvalue weighted by Gasteiger charge is 2.11. The number of carboxylic acids is 1. The Labute approximate surface area is 96.2 Å². The van der Waals surface area contributed by atoms with Crippen LogP contribution in [0, 0.1) is 3.57 Å². The van der Waals surface area contributed by atoms with Crippen molar-refractivity contribution in [2.24, 2.45) is 0 Å². The number of hydrogen-bond acceptors (Lipinski definition) is 2. The molecule has 4 heteroatoms. The van der Waals surface area contributed by atoms with Gasteiger partial charge in [-0.15, -0.1) is 0 Å². The number of aromatic carboxylic acids is 1. The molecule has 76 valence electrons. The van der Waals surface area contributed by atoms with E-state index in [2.05, 4.69) is 22.6 Å². The first kappa shape index (κ1) is 11.3. The zero-order valence-electron chi connectivity index (χ0n) is 7.79. The summed E-state index contributed by atoms with van der Waals surface area (Å²) in [7, 11) is 0. The smallest absolute Gasteiger partial charge is 0.339 e. The summed E-state index contributed by atoms with van der Waals surface area (Å²) in [5.41, 5.74) is 0.227. The number of ether oxygens (including phenoxy) is 1. The van der Waals surface area contributed by atoms with Crippen LogP contribution in [-0.4, -0.2) is 17.7 Å². The van der Waals surface area contributed by atoms with E-state index in [0.717, 1.165) is 9.99 Å². The Kier molecular flexibility index (Phi) is 4.19. The minimum Gasteiger partial charge on any atom is -0.493 e. The van der Waals surface area contributed by atoms with Gasteiger partial charge in [0.1, 0.15) is 11.3 Å². The lowest BCUT2D eigenvalue weighted by Gasteiger charge is -2.07. The number of carboxylic acid groups (broad SMARTS) is 1. The fraction of sp³-hybridized carbons (Fsp3) is 0.300. The Bertz CT molecular complexity index is 336. The van der Waals surface area contributed by atoms with Gasteiger partial charge in [0.2, 0.25) is 0 Å². The quantitative estimate of drug-likeness (QED) is 0.870. The third-order valence-electron chi connectivity index (χ3n) is 1.63. The number of halogens is 1. The highest BCUT2D eigenvalue weighted by molar-refractivity contribution is 14.1. The monoisotopic (exact) mass is 306 g/mol. The van der Waals surface area contributed by atoms with Crippen molar-refractivity contribution in [2.75, 3.05) is 6.61 Å². The number of rotatable bonds is 4. The summed E-state index contributed by atoms with van der Waals surface area (Å²) in [4.78, 5) is 10.9. The average Bonchev–Trinajstić information content (AvgIpc) is 2.15. The Hall–Kier alpha value is -0.780. The van der Waals surface area contributed by atoms with E-state index < -0.39 is 5.97 Å². The molecule has 0 bridgehead atoms. The first-order valence-electron chi connectivity index (χ1n) is 4.30. The third kappa shape index (κ3) is 2.87. The molecule has 0 heterocycles. The highest BCUT2D eigenvalue weighted by atomic mass is 127. The van der Waals surface area contributed by atoms with E-state index in [0.29, 0.717) is 12.4 Å². The minimum absolute atomic E-state index is 0.227. The molecule has 0 saturated heterocycles. The molecule has 0 atom stereocenters. The predicted molar refractivity (Wildman–Crippen MR) is 61.9 cm³/mol. The molecule has 0 saturated carbocycles. The zero-order valence-corrected chi connectivity index (χ0v) is 9.95. The average molecular weight is 306 g/mol. The molecule has 1 N–H and O–H groups in total. The van der Waals surface area contributed by atoms with Crippen molar-refractivity contribution in [1.29, 1.82) is 0 Å². The molecule has 14 heavy (non-hydrogen) atoms. The maximum atomic E-state index is 10.9. The molecule has 1 rings (SSSR count). The SMILES string of the molecule is CCCOc1ccc(I)cc1C(=O)O. The molecular weight excluding hydrogens is 295 g/mol. The van der Waals surface area contributed by atoms with Crippen molar-refractivity contribution >= 4 is 28.6 Å². The topological polar surface area (TPSA) is 46.5 Å². The van der Waals surface area contributed by atoms with Gasteiger partial charge >= 0.3 is 5.97 Å². The molecule has 0 fully saturated rings. The molecule has 1 aromatic carbocycles. The van der Waals surface area contributed by atoms with E-state index >= 15 is 0 Å².